The lowest BCUT2D eigenvalue weighted by atomic mass is 9.76. The molecular weight excluding hydrogens is 176 g/mol. The molecule has 0 spiro atoms. The second kappa shape index (κ2) is 5.50. The Morgan fingerprint density at radius 1 is 1.50 bits per heavy atom. The molecule has 3 unspecified atom stereocenters. The maximum atomic E-state index is 11.6. The molecule has 0 saturated heterocycles. The first-order valence-electron chi connectivity index (χ1n) is 5.89. The second-order valence-electron chi connectivity index (χ2n) is 4.48. The minimum Gasteiger partial charge on any atom is -0.392 e. The van der Waals surface area contributed by atoms with E-state index < -0.39 is 0 Å². The fraction of sp³-hybridized carbons (Fsp3) is 0.917. The fourth-order valence-corrected chi connectivity index (χ4v) is 2.38. The molecule has 82 valence electrons. The quantitative estimate of drug-likeness (QED) is 0.753. The first-order valence-corrected chi connectivity index (χ1v) is 5.89. The Kier molecular flexibility index (Phi) is 4.59. The number of aliphatic hydroxyl groups is 1. The third-order valence-corrected chi connectivity index (χ3v) is 3.43. The summed E-state index contributed by atoms with van der Waals surface area (Å²) in [5.41, 5.74) is 0. The molecule has 1 aliphatic rings. The monoisotopic (exact) mass is 198 g/mol. The van der Waals surface area contributed by atoms with Crippen LogP contribution >= 0.6 is 0 Å². The van der Waals surface area contributed by atoms with E-state index in [1.165, 1.54) is 0 Å². The maximum Gasteiger partial charge on any atom is 0.138 e. The van der Waals surface area contributed by atoms with Crippen molar-refractivity contribution in [3.63, 3.8) is 0 Å². The molecule has 1 fully saturated rings. The first-order chi connectivity index (χ1) is 6.69. The Labute approximate surface area is 86.7 Å². The van der Waals surface area contributed by atoms with E-state index in [1.807, 2.05) is 6.92 Å². The van der Waals surface area contributed by atoms with E-state index in [1.54, 1.807) is 0 Å². The zero-order valence-corrected chi connectivity index (χ0v) is 9.33. The van der Waals surface area contributed by atoms with Crippen molar-refractivity contribution in [2.24, 2.45) is 11.8 Å². The Morgan fingerprint density at radius 3 is 2.79 bits per heavy atom. The molecule has 0 aromatic carbocycles. The molecule has 2 heteroatoms. The van der Waals surface area contributed by atoms with Gasteiger partial charge in [-0.1, -0.05) is 26.7 Å². The first kappa shape index (κ1) is 11.7. The summed E-state index contributed by atoms with van der Waals surface area (Å²) in [6.45, 7) is 4.22. The van der Waals surface area contributed by atoms with Gasteiger partial charge >= 0.3 is 0 Å². The number of hydrogen-bond donors (Lipinski definition) is 1. The van der Waals surface area contributed by atoms with Crippen molar-refractivity contribution in [2.45, 2.75) is 58.5 Å². The molecule has 0 aliphatic heterocycles. The van der Waals surface area contributed by atoms with Gasteiger partial charge in [0.2, 0.25) is 0 Å². The van der Waals surface area contributed by atoms with Crippen molar-refractivity contribution in [1.82, 2.24) is 0 Å². The summed E-state index contributed by atoms with van der Waals surface area (Å²) >= 11 is 0. The molecule has 0 amide bonds. The normalized spacial score (nSPS) is 30.4. The molecule has 3 atom stereocenters. The third kappa shape index (κ3) is 2.81. The van der Waals surface area contributed by atoms with Crippen molar-refractivity contribution >= 4 is 5.78 Å². The van der Waals surface area contributed by atoms with E-state index in [9.17, 15) is 9.90 Å². The molecule has 0 aromatic heterocycles. The predicted molar refractivity (Wildman–Crippen MR) is 57.0 cm³/mol. The highest BCUT2D eigenvalue weighted by Gasteiger charge is 2.32. The summed E-state index contributed by atoms with van der Waals surface area (Å²) < 4.78 is 0. The average Bonchev–Trinajstić information content (AvgIpc) is 2.19. The van der Waals surface area contributed by atoms with Gasteiger partial charge in [0.05, 0.1) is 6.10 Å². The maximum absolute atomic E-state index is 11.6. The minimum atomic E-state index is -0.387. The van der Waals surface area contributed by atoms with Gasteiger partial charge in [-0.05, 0) is 25.2 Å². The lowest BCUT2D eigenvalue weighted by Crippen LogP contribution is -2.34. The molecule has 0 heterocycles. The lowest BCUT2D eigenvalue weighted by molar-refractivity contribution is -0.130. The Bertz CT molecular complexity index is 189. The zero-order valence-electron chi connectivity index (χ0n) is 9.33. The van der Waals surface area contributed by atoms with E-state index in [4.69, 9.17) is 0 Å². The van der Waals surface area contributed by atoms with E-state index in [-0.39, 0.29) is 17.8 Å². The zero-order chi connectivity index (χ0) is 10.6. The van der Waals surface area contributed by atoms with Crippen molar-refractivity contribution in [3.05, 3.63) is 0 Å². The van der Waals surface area contributed by atoms with Crippen LogP contribution in [-0.4, -0.2) is 17.0 Å². The van der Waals surface area contributed by atoms with Crippen LogP contribution < -0.4 is 0 Å². The van der Waals surface area contributed by atoms with E-state index in [2.05, 4.69) is 6.92 Å². The Balaban J connectivity index is 2.51. The second-order valence-corrected chi connectivity index (χ2v) is 4.48. The molecule has 2 nitrogen and oxygen atoms in total. The van der Waals surface area contributed by atoms with Crippen LogP contribution in [0.4, 0.5) is 0 Å². The van der Waals surface area contributed by atoms with Gasteiger partial charge in [0.15, 0.2) is 0 Å². The molecule has 0 radical (unpaired) electrons. The Hall–Kier alpha value is -0.370. The van der Waals surface area contributed by atoms with Gasteiger partial charge in [-0.2, -0.15) is 0 Å². The highest BCUT2D eigenvalue weighted by molar-refractivity contribution is 5.82. The minimum absolute atomic E-state index is 0.0614. The molecular formula is C12H22O2. The van der Waals surface area contributed by atoms with Gasteiger partial charge in [0, 0.05) is 12.3 Å². The van der Waals surface area contributed by atoms with Crippen LogP contribution in [-0.2, 0) is 4.79 Å². The van der Waals surface area contributed by atoms with Crippen LogP contribution in [0.3, 0.4) is 0 Å². The number of hydrogen-bond acceptors (Lipinski definition) is 2. The highest BCUT2D eigenvalue weighted by Crippen LogP contribution is 2.31. The van der Waals surface area contributed by atoms with Gasteiger partial charge in [0.1, 0.15) is 5.78 Å². The van der Waals surface area contributed by atoms with Gasteiger partial charge in [-0.15, -0.1) is 0 Å². The number of rotatable bonds is 4. The number of carbonyl (C=O) groups is 1. The van der Waals surface area contributed by atoms with Gasteiger partial charge < -0.3 is 5.11 Å². The average molecular weight is 198 g/mol. The Morgan fingerprint density at radius 2 is 2.21 bits per heavy atom. The van der Waals surface area contributed by atoms with Crippen molar-refractivity contribution in [3.8, 4) is 0 Å². The van der Waals surface area contributed by atoms with Crippen LogP contribution in [0.5, 0.6) is 0 Å². The fourth-order valence-electron chi connectivity index (χ4n) is 2.38. The van der Waals surface area contributed by atoms with Crippen LogP contribution in [0.2, 0.25) is 0 Å². The molecule has 14 heavy (non-hydrogen) atoms. The molecule has 1 N–H and O–H groups in total. The number of carbonyl (C=O) groups excluding carboxylic acids is 1. The van der Waals surface area contributed by atoms with Crippen LogP contribution in [0.1, 0.15) is 52.4 Å². The van der Waals surface area contributed by atoms with E-state index in [0.29, 0.717) is 12.3 Å². The third-order valence-electron chi connectivity index (χ3n) is 3.43. The number of aliphatic hydroxyl groups excluding tert-OH is 1. The summed E-state index contributed by atoms with van der Waals surface area (Å²) in [7, 11) is 0. The largest absolute Gasteiger partial charge is 0.392 e. The molecule has 1 rings (SSSR count). The lowest BCUT2D eigenvalue weighted by Gasteiger charge is -2.30. The molecule has 1 saturated carbocycles. The van der Waals surface area contributed by atoms with Gasteiger partial charge in [-0.3, -0.25) is 4.79 Å². The van der Waals surface area contributed by atoms with E-state index >= 15 is 0 Å². The summed E-state index contributed by atoms with van der Waals surface area (Å²) in [6, 6.07) is 0. The molecule has 1 aliphatic carbocycles. The van der Waals surface area contributed by atoms with Crippen molar-refractivity contribution in [1.29, 1.82) is 0 Å². The standard InChI is InChI=1S/C12H22O2/c1-3-5-11(13)10-8-9(4-2)6-7-12(10)14/h9-11,13H,3-8H2,1-2H3. The summed E-state index contributed by atoms with van der Waals surface area (Å²) in [4.78, 5) is 11.6. The number of Topliss-reactive ketones (excluding diaryl/α,β-unsaturated/α-hetero) is 1. The van der Waals surface area contributed by atoms with Crippen LogP contribution in [0, 0.1) is 11.8 Å². The van der Waals surface area contributed by atoms with Gasteiger partial charge in [-0.25, -0.2) is 0 Å². The van der Waals surface area contributed by atoms with E-state index in [0.717, 1.165) is 32.1 Å². The molecule has 0 bridgehead atoms. The SMILES string of the molecule is CCCC(O)C1CC(CC)CCC1=O. The number of ketones is 1. The summed E-state index contributed by atoms with van der Waals surface area (Å²) in [5.74, 6) is 0.883. The van der Waals surface area contributed by atoms with Crippen LogP contribution in [0.15, 0.2) is 0 Å². The predicted octanol–water partition coefficient (Wildman–Crippen LogP) is 2.54. The van der Waals surface area contributed by atoms with Crippen molar-refractivity contribution < 1.29 is 9.90 Å². The van der Waals surface area contributed by atoms with Crippen molar-refractivity contribution in [2.75, 3.05) is 0 Å². The van der Waals surface area contributed by atoms with Gasteiger partial charge in [0.25, 0.3) is 0 Å². The molecule has 0 aromatic rings. The topological polar surface area (TPSA) is 37.3 Å². The summed E-state index contributed by atoms with van der Waals surface area (Å²) in [5, 5.41) is 9.84. The van der Waals surface area contributed by atoms with Crippen LogP contribution in [0.25, 0.3) is 0 Å². The highest BCUT2D eigenvalue weighted by atomic mass is 16.3. The summed E-state index contributed by atoms with van der Waals surface area (Å²) in [6.07, 6.45) is 5.12. The smallest absolute Gasteiger partial charge is 0.138 e.